The Labute approximate surface area is 205 Å². The molecule has 0 amide bonds. The Bertz CT molecular complexity index is 862. The summed E-state index contributed by atoms with van der Waals surface area (Å²) in [5.74, 6) is 3.40. The van der Waals surface area contributed by atoms with Gasteiger partial charge in [0.2, 0.25) is 0 Å². The second-order valence-electron chi connectivity index (χ2n) is 13.3. The number of allylic oxidation sites excluding steroid dienone is 1. The van der Waals surface area contributed by atoms with E-state index in [1.807, 2.05) is 0 Å². The van der Waals surface area contributed by atoms with E-state index >= 15 is 0 Å². The van der Waals surface area contributed by atoms with Gasteiger partial charge in [0.05, 0.1) is 19.3 Å². The molecule has 6 aliphatic rings. The molecule has 0 aromatic carbocycles. The van der Waals surface area contributed by atoms with Gasteiger partial charge in [-0.3, -0.25) is 4.79 Å². The van der Waals surface area contributed by atoms with E-state index in [2.05, 4.69) is 33.8 Å². The lowest BCUT2D eigenvalue weighted by Gasteiger charge is -2.58. The van der Waals surface area contributed by atoms with Crippen LogP contribution in [0.25, 0.3) is 0 Å². The zero-order valence-electron chi connectivity index (χ0n) is 21.7. The van der Waals surface area contributed by atoms with Crippen molar-refractivity contribution in [2.24, 2.45) is 52.1 Å². The average Bonchev–Trinajstić information content (AvgIpc) is 3.26. The quantitative estimate of drug-likeness (QED) is 0.441. The van der Waals surface area contributed by atoms with Crippen LogP contribution in [-0.2, 0) is 19.0 Å². The third kappa shape index (κ3) is 3.25. The first-order valence-corrected chi connectivity index (χ1v) is 14.1. The average molecular weight is 472 g/mol. The molecule has 0 radical (unpaired) electrons. The molecule has 34 heavy (non-hydrogen) atoms. The van der Waals surface area contributed by atoms with E-state index in [-0.39, 0.29) is 29.8 Å². The highest BCUT2D eigenvalue weighted by Gasteiger charge is 2.68. The maximum Gasteiger partial charge on any atom is 0.319 e. The highest BCUT2D eigenvalue weighted by molar-refractivity contribution is 5.71. The third-order valence-electron chi connectivity index (χ3n) is 11.8. The number of hydrogen-bond donors (Lipinski definition) is 1. The number of hydrogen-bond acceptors (Lipinski definition) is 5. The Balaban J connectivity index is 1.22. The van der Waals surface area contributed by atoms with Gasteiger partial charge in [0.25, 0.3) is 0 Å². The molecule has 2 saturated heterocycles. The van der Waals surface area contributed by atoms with Crippen LogP contribution in [0.5, 0.6) is 0 Å². The summed E-state index contributed by atoms with van der Waals surface area (Å²) in [7, 11) is 0. The SMILES string of the molecule is C[C@@H]1CCC2(OC1)O[C@H]1C[C@H]3[C@@H]4CC=C5C[C@@H](OC(=O)CN)CC[C@]5(C)[C@H]4CC[C@]3(C)[C@H]1[C@@H]2C. The maximum atomic E-state index is 11.8. The van der Waals surface area contributed by atoms with Crippen LogP contribution in [0.4, 0.5) is 0 Å². The minimum absolute atomic E-state index is 0.00951. The largest absolute Gasteiger partial charge is 0.461 e. The Morgan fingerprint density at radius 3 is 2.71 bits per heavy atom. The molecule has 5 nitrogen and oxygen atoms in total. The van der Waals surface area contributed by atoms with Crippen LogP contribution in [0.3, 0.4) is 0 Å². The molecule has 190 valence electrons. The van der Waals surface area contributed by atoms with Gasteiger partial charge in [-0.25, -0.2) is 0 Å². The van der Waals surface area contributed by atoms with Gasteiger partial charge in [-0.05, 0) is 85.4 Å². The van der Waals surface area contributed by atoms with E-state index in [0.717, 1.165) is 50.0 Å². The fourth-order valence-corrected chi connectivity index (χ4v) is 9.98. The summed E-state index contributed by atoms with van der Waals surface area (Å²) in [6.45, 7) is 10.7. The smallest absolute Gasteiger partial charge is 0.319 e. The Morgan fingerprint density at radius 1 is 1.15 bits per heavy atom. The summed E-state index contributed by atoms with van der Waals surface area (Å²) in [4.78, 5) is 11.8. The molecular formula is C29H45NO4. The highest BCUT2D eigenvalue weighted by atomic mass is 16.7. The molecule has 3 saturated carbocycles. The summed E-state index contributed by atoms with van der Waals surface area (Å²) in [5, 5.41) is 0. The van der Waals surface area contributed by atoms with Crippen molar-refractivity contribution in [1.82, 2.24) is 0 Å². The van der Waals surface area contributed by atoms with Crippen LogP contribution in [0.1, 0.15) is 85.5 Å². The van der Waals surface area contributed by atoms with E-state index in [1.54, 1.807) is 5.57 Å². The Kier molecular flexibility index (Phi) is 5.56. The van der Waals surface area contributed by atoms with Crippen LogP contribution in [0.15, 0.2) is 11.6 Å². The maximum absolute atomic E-state index is 11.8. The van der Waals surface area contributed by atoms with E-state index in [0.29, 0.717) is 29.3 Å². The van der Waals surface area contributed by atoms with Gasteiger partial charge in [-0.2, -0.15) is 0 Å². The monoisotopic (exact) mass is 471 g/mol. The topological polar surface area (TPSA) is 70.8 Å². The first-order valence-electron chi connectivity index (χ1n) is 14.1. The van der Waals surface area contributed by atoms with Crippen LogP contribution >= 0.6 is 0 Å². The number of ether oxygens (including phenoxy) is 3. The number of rotatable bonds is 2. The molecule has 6 rings (SSSR count). The van der Waals surface area contributed by atoms with Gasteiger partial charge >= 0.3 is 5.97 Å². The van der Waals surface area contributed by atoms with Crippen molar-refractivity contribution in [3.05, 3.63) is 11.6 Å². The first kappa shape index (κ1) is 23.5. The number of carbonyl (C=O) groups excluding carboxylic acids is 1. The van der Waals surface area contributed by atoms with Gasteiger partial charge < -0.3 is 19.9 Å². The van der Waals surface area contributed by atoms with E-state index in [9.17, 15) is 4.79 Å². The Morgan fingerprint density at radius 2 is 1.97 bits per heavy atom. The second kappa shape index (κ2) is 8.05. The summed E-state index contributed by atoms with van der Waals surface area (Å²) in [5.41, 5.74) is 7.65. The van der Waals surface area contributed by atoms with Crippen molar-refractivity contribution >= 4 is 5.97 Å². The van der Waals surface area contributed by atoms with E-state index in [1.165, 1.54) is 32.1 Å². The summed E-state index contributed by atoms with van der Waals surface area (Å²) >= 11 is 0. The predicted molar refractivity (Wildman–Crippen MR) is 131 cm³/mol. The standard InChI is InChI=1S/C29H45NO4/c1-17-7-12-29(32-16-17)18(2)26-24(34-29)14-23-21-6-5-19-13-20(33-25(31)15-30)8-10-27(19,3)22(21)9-11-28(23,26)4/h5,17-18,20-24,26H,6-16,30H2,1-4H3/t17-,18+,20+,21-,22+,23+,24+,26+,27+,28+,29?/m1/s1. The van der Waals surface area contributed by atoms with Crippen molar-refractivity contribution in [3.63, 3.8) is 0 Å². The van der Waals surface area contributed by atoms with Gasteiger partial charge in [0, 0.05) is 18.8 Å². The van der Waals surface area contributed by atoms with Crippen LogP contribution in [-0.4, -0.2) is 37.1 Å². The van der Waals surface area contributed by atoms with Gasteiger partial charge in [0.15, 0.2) is 5.79 Å². The lowest BCUT2D eigenvalue weighted by Crippen LogP contribution is -2.52. The molecule has 1 spiro atoms. The molecule has 5 fully saturated rings. The molecular weight excluding hydrogens is 426 g/mol. The number of nitrogens with two attached hydrogens (primary N) is 1. The second-order valence-corrected chi connectivity index (χ2v) is 13.3. The number of carbonyl (C=O) groups is 1. The molecule has 11 atom stereocenters. The molecule has 0 bridgehead atoms. The minimum atomic E-state index is -0.322. The lowest BCUT2D eigenvalue weighted by molar-refractivity contribution is -0.272. The normalized spacial score (nSPS) is 54.0. The van der Waals surface area contributed by atoms with Crippen LogP contribution in [0, 0.1) is 46.3 Å². The van der Waals surface area contributed by atoms with E-state index in [4.69, 9.17) is 19.9 Å². The molecule has 0 aromatic heterocycles. The highest BCUT2D eigenvalue weighted by Crippen LogP contribution is 2.70. The number of esters is 1. The van der Waals surface area contributed by atoms with Crippen molar-refractivity contribution in [1.29, 1.82) is 0 Å². The first-order chi connectivity index (χ1) is 16.2. The third-order valence-corrected chi connectivity index (χ3v) is 11.8. The van der Waals surface area contributed by atoms with Gasteiger partial charge in [-0.15, -0.1) is 0 Å². The van der Waals surface area contributed by atoms with Crippen molar-refractivity contribution in [3.8, 4) is 0 Å². The molecule has 1 unspecified atom stereocenters. The van der Waals surface area contributed by atoms with Crippen LogP contribution < -0.4 is 5.73 Å². The molecule has 2 heterocycles. The molecule has 4 aliphatic carbocycles. The molecule has 5 heteroatoms. The lowest BCUT2D eigenvalue weighted by atomic mass is 9.47. The summed E-state index contributed by atoms with van der Waals surface area (Å²) < 4.78 is 19.0. The Hall–Kier alpha value is -0.910. The molecule has 0 aromatic rings. The van der Waals surface area contributed by atoms with Gasteiger partial charge in [0.1, 0.15) is 6.10 Å². The summed E-state index contributed by atoms with van der Waals surface area (Å²) in [6, 6.07) is 0. The van der Waals surface area contributed by atoms with Crippen LogP contribution in [0.2, 0.25) is 0 Å². The predicted octanol–water partition coefficient (Wildman–Crippen LogP) is 5.22. The zero-order valence-corrected chi connectivity index (χ0v) is 21.7. The minimum Gasteiger partial charge on any atom is -0.461 e. The van der Waals surface area contributed by atoms with Crippen molar-refractivity contribution < 1.29 is 19.0 Å². The van der Waals surface area contributed by atoms with Gasteiger partial charge in [-0.1, -0.05) is 39.3 Å². The fraction of sp³-hybridized carbons (Fsp3) is 0.897. The van der Waals surface area contributed by atoms with Crippen molar-refractivity contribution in [2.45, 2.75) is 103 Å². The molecule has 2 aliphatic heterocycles. The summed E-state index contributed by atoms with van der Waals surface area (Å²) in [6.07, 6.45) is 13.2. The van der Waals surface area contributed by atoms with E-state index < -0.39 is 0 Å². The number of fused-ring (bicyclic) bond motifs is 7. The van der Waals surface area contributed by atoms with Crippen molar-refractivity contribution in [2.75, 3.05) is 13.2 Å². The fourth-order valence-electron chi connectivity index (χ4n) is 9.98. The molecule has 2 N–H and O–H groups in total. The zero-order chi connectivity index (χ0) is 23.9.